The molecule has 0 aromatic heterocycles. The summed E-state index contributed by atoms with van der Waals surface area (Å²) in [4.78, 5) is 0. The molecular weight excluding hydrogens is 447 g/mol. The van der Waals surface area contributed by atoms with Gasteiger partial charge < -0.3 is 8.74 Å². The van der Waals surface area contributed by atoms with Gasteiger partial charge in [-0.3, -0.25) is 0 Å². The van der Waals surface area contributed by atoms with Gasteiger partial charge in [-0.2, -0.15) is 8.42 Å². The first-order valence-corrected chi connectivity index (χ1v) is 13.0. The number of rotatable bonds is 13. The summed E-state index contributed by atoms with van der Waals surface area (Å²) in [5.74, 6) is -0.401. The molecule has 2 aromatic carbocycles. The van der Waals surface area contributed by atoms with Gasteiger partial charge >= 0.3 is 39.7 Å². The van der Waals surface area contributed by atoms with Crippen molar-refractivity contribution in [2.24, 2.45) is 0 Å². The van der Waals surface area contributed by atoms with Crippen LogP contribution in [0.15, 0.2) is 60.9 Å². The van der Waals surface area contributed by atoms with E-state index in [1.165, 1.54) is 6.26 Å². The Hall–Kier alpha value is -1.16. The van der Waals surface area contributed by atoms with Gasteiger partial charge in [0.1, 0.15) is 6.26 Å². The maximum absolute atomic E-state index is 12.0. The summed E-state index contributed by atoms with van der Waals surface area (Å²) in [6.07, 6.45) is 6.35. The summed E-state index contributed by atoms with van der Waals surface area (Å²) in [5.41, 5.74) is 3.08. The van der Waals surface area contributed by atoms with Crippen molar-refractivity contribution in [1.29, 1.82) is 0 Å². The fraction of sp³-hybridized carbons (Fsp3) is 0.364. The third kappa shape index (κ3) is 12.5. The topological polar surface area (TPSA) is 101 Å². The Morgan fingerprint density at radius 2 is 1.26 bits per heavy atom. The van der Waals surface area contributed by atoms with Crippen LogP contribution in [-0.4, -0.2) is 32.9 Å². The fourth-order valence-electron chi connectivity index (χ4n) is 3.04. The SMILES string of the molecule is O=S(=O)([O-])CCCCc1ccccc1CCCCS(=O)(=O)OC=Cc1ccccc1.[Na+]. The van der Waals surface area contributed by atoms with Crippen LogP contribution >= 0.6 is 0 Å². The number of unbranched alkanes of at least 4 members (excludes halogenated alkanes) is 2. The quantitative estimate of drug-likeness (QED) is 0.141. The Labute approximate surface area is 207 Å². The van der Waals surface area contributed by atoms with E-state index in [0.717, 1.165) is 23.1 Å². The van der Waals surface area contributed by atoms with Crippen molar-refractivity contribution in [2.75, 3.05) is 11.5 Å². The average Bonchev–Trinajstić information content (AvgIpc) is 2.69. The maximum Gasteiger partial charge on any atom is 1.00 e. The zero-order chi connectivity index (χ0) is 21.9. The van der Waals surface area contributed by atoms with Crippen LogP contribution in [0.25, 0.3) is 6.08 Å². The van der Waals surface area contributed by atoms with Gasteiger partial charge in [0.25, 0.3) is 0 Å². The normalized spacial score (nSPS) is 11.9. The third-order valence-corrected chi connectivity index (χ3v) is 6.54. The van der Waals surface area contributed by atoms with Gasteiger partial charge in [-0.25, -0.2) is 8.42 Å². The first-order valence-electron chi connectivity index (χ1n) is 9.88. The van der Waals surface area contributed by atoms with Crippen molar-refractivity contribution in [3.63, 3.8) is 0 Å². The van der Waals surface area contributed by atoms with Crippen molar-refractivity contribution in [1.82, 2.24) is 0 Å². The molecule has 0 amide bonds. The van der Waals surface area contributed by atoms with Crippen LogP contribution in [0.2, 0.25) is 0 Å². The molecule has 0 aliphatic carbocycles. The second-order valence-corrected chi connectivity index (χ2v) is 10.3. The maximum atomic E-state index is 12.0. The smallest absolute Gasteiger partial charge is 0.748 e. The third-order valence-electron chi connectivity index (χ3n) is 4.56. The molecular formula is C22H27NaO6S2. The summed E-state index contributed by atoms with van der Waals surface area (Å²) >= 11 is 0. The molecule has 164 valence electrons. The van der Waals surface area contributed by atoms with Crippen molar-refractivity contribution in [3.8, 4) is 0 Å². The molecule has 0 heterocycles. The summed E-state index contributed by atoms with van der Waals surface area (Å²) in [6, 6.07) is 17.1. The second kappa shape index (κ2) is 14.1. The van der Waals surface area contributed by atoms with E-state index in [1.807, 2.05) is 54.6 Å². The van der Waals surface area contributed by atoms with Gasteiger partial charge in [0.15, 0.2) is 0 Å². The Bertz CT molecular complexity index is 1020. The summed E-state index contributed by atoms with van der Waals surface area (Å²) in [6.45, 7) is 0. The first kappa shape index (κ1) is 27.9. The summed E-state index contributed by atoms with van der Waals surface area (Å²) in [5, 5.41) is 0. The zero-order valence-electron chi connectivity index (χ0n) is 17.8. The molecule has 0 fully saturated rings. The van der Waals surface area contributed by atoms with Crippen LogP contribution in [0, 0.1) is 0 Å². The Balaban J connectivity index is 0.00000480. The molecule has 9 heteroatoms. The molecule has 31 heavy (non-hydrogen) atoms. The minimum Gasteiger partial charge on any atom is -0.748 e. The first-order chi connectivity index (χ1) is 14.3. The minimum atomic E-state index is -4.17. The number of hydrogen-bond acceptors (Lipinski definition) is 6. The van der Waals surface area contributed by atoms with Gasteiger partial charge in [-0.05, 0) is 61.3 Å². The van der Waals surface area contributed by atoms with Crippen molar-refractivity contribution >= 4 is 26.3 Å². The predicted molar refractivity (Wildman–Crippen MR) is 117 cm³/mol. The second-order valence-electron chi connectivity index (χ2n) is 7.02. The Kier molecular flexibility index (Phi) is 12.7. The molecule has 0 saturated heterocycles. The van der Waals surface area contributed by atoms with E-state index in [9.17, 15) is 21.4 Å². The monoisotopic (exact) mass is 474 g/mol. The zero-order valence-corrected chi connectivity index (χ0v) is 21.4. The molecule has 6 nitrogen and oxygen atoms in total. The molecule has 2 rings (SSSR count). The molecule has 0 N–H and O–H groups in total. The molecule has 0 radical (unpaired) electrons. The van der Waals surface area contributed by atoms with E-state index in [-0.39, 0.29) is 41.1 Å². The molecule has 2 aromatic rings. The molecule has 0 unspecified atom stereocenters. The fourth-order valence-corrected chi connectivity index (χ4v) is 4.47. The Morgan fingerprint density at radius 1 is 0.742 bits per heavy atom. The van der Waals surface area contributed by atoms with Crippen molar-refractivity contribution < 1.29 is 55.1 Å². The van der Waals surface area contributed by atoms with E-state index in [0.29, 0.717) is 32.1 Å². The average molecular weight is 475 g/mol. The van der Waals surface area contributed by atoms with Crippen LogP contribution in [0.3, 0.4) is 0 Å². The van der Waals surface area contributed by atoms with Gasteiger partial charge in [-0.15, -0.1) is 0 Å². The number of aryl methyl sites for hydroxylation is 2. The van der Waals surface area contributed by atoms with E-state index >= 15 is 0 Å². The van der Waals surface area contributed by atoms with E-state index in [1.54, 1.807) is 6.08 Å². The minimum absolute atomic E-state index is 0. The van der Waals surface area contributed by atoms with Gasteiger partial charge in [-0.1, -0.05) is 54.6 Å². The van der Waals surface area contributed by atoms with Gasteiger partial charge in [0.05, 0.1) is 15.9 Å². The van der Waals surface area contributed by atoms with E-state index in [2.05, 4.69) is 0 Å². The number of hydrogen-bond donors (Lipinski definition) is 0. The Morgan fingerprint density at radius 3 is 1.81 bits per heavy atom. The van der Waals surface area contributed by atoms with Crippen LogP contribution in [0.5, 0.6) is 0 Å². The van der Waals surface area contributed by atoms with Crippen molar-refractivity contribution in [3.05, 3.63) is 77.5 Å². The van der Waals surface area contributed by atoms with Crippen LogP contribution in [0.1, 0.15) is 42.4 Å². The predicted octanol–water partition coefficient (Wildman–Crippen LogP) is 0.899. The molecule has 0 atom stereocenters. The van der Waals surface area contributed by atoms with Crippen LogP contribution < -0.4 is 29.6 Å². The molecule has 0 spiro atoms. The molecule has 0 saturated carbocycles. The summed E-state index contributed by atoms with van der Waals surface area (Å²) in [7, 11) is -7.79. The van der Waals surface area contributed by atoms with Gasteiger partial charge in [0, 0.05) is 5.75 Å². The van der Waals surface area contributed by atoms with E-state index in [4.69, 9.17) is 4.18 Å². The van der Waals surface area contributed by atoms with Crippen LogP contribution in [0.4, 0.5) is 0 Å². The number of benzene rings is 2. The summed E-state index contributed by atoms with van der Waals surface area (Å²) < 4.78 is 61.0. The largest absolute Gasteiger partial charge is 1.00 e. The molecule has 0 bridgehead atoms. The van der Waals surface area contributed by atoms with Gasteiger partial charge in [0.2, 0.25) is 0 Å². The van der Waals surface area contributed by atoms with Crippen LogP contribution in [-0.2, 0) is 37.3 Å². The van der Waals surface area contributed by atoms with E-state index < -0.39 is 20.2 Å². The molecule has 0 aliphatic rings. The standard InChI is InChI=1S/C22H28O6S2.Na/c23-29(24,25)18-8-6-14-21-12-4-5-13-22(21)15-7-9-19-30(26,27)28-17-16-20-10-2-1-3-11-20;/h1-5,10-13,16-17H,6-9,14-15,18-19H2,(H,23,24,25);/q;+1/p-1. The molecule has 0 aliphatic heterocycles. The van der Waals surface area contributed by atoms with Crippen molar-refractivity contribution in [2.45, 2.75) is 38.5 Å².